The van der Waals surface area contributed by atoms with E-state index in [-0.39, 0.29) is 11.5 Å². The monoisotopic (exact) mass is 215 g/mol. The van der Waals surface area contributed by atoms with Crippen LogP contribution in [0.1, 0.15) is 19.3 Å². The average molecular weight is 215 g/mol. The minimum absolute atomic E-state index is 0.192. The third-order valence-electron chi connectivity index (χ3n) is 3.88. The topological polar surface area (TPSA) is 64.7 Å². The smallest absolute Gasteiger partial charge is 0.0661 e. The molecule has 2 unspecified atom stereocenters. The molecule has 0 saturated carbocycles. The van der Waals surface area contributed by atoms with Crippen molar-refractivity contribution in [2.45, 2.75) is 25.4 Å². The van der Waals surface area contributed by atoms with Crippen molar-refractivity contribution in [1.82, 2.24) is 0 Å². The van der Waals surface area contributed by atoms with Crippen LogP contribution in [0.3, 0.4) is 0 Å². The standard InChI is InChI=1S/C11H21NO3/c12-7-11(3-6-15-8-11)10(13)9-1-4-14-5-2-9/h9-10,13H,1-8,12H2. The molecule has 0 aromatic heterocycles. The lowest BCUT2D eigenvalue weighted by Gasteiger charge is -2.38. The third-order valence-corrected chi connectivity index (χ3v) is 3.88. The maximum absolute atomic E-state index is 10.4. The van der Waals surface area contributed by atoms with Gasteiger partial charge in [-0.3, -0.25) is 0 Å². The van der Waals surface area contributed by atoms with Crippen LogP contribution < -0.4 is 5.73 Å². The van der Waals surface area contributed by atoms with Crippen LogP contribution in [0, 0.1) is 11.3 Å². The number of aliphatic hydroxyl groups excluding tert-OH is 1. The second kappa shape index (κ2) is 4.78. The molecule has 15 heavy (non-hydrogen) atoms. The second-order valence-corrected chi connectivity index (χ2v) is 4.76. The largest absolute Gasteiger partial charge is 0.392 e. The van der Waals surface area contributed by atoms with Gasteiger partial charge in [-0.25, -0.2) is 0 Å². The van der Waals surface area contributed by atoms with Crippen molar-refractivity contribution in [2.75, 3.05) is 33.0 Å². The molecule has 0 bridgehead atoms. The van der Waals surface area contributed by atoms with Gasteiger partial charge >= 0.3 is 0 Å². The molecule has 2 atom stereocenters. The molecule has 2 heterocycles. The molecule has 0 aliphatic carbocycles. The summed E-state index contributed by atoms with van der Waals surface area (Å²) in [6.07, 6.45) is 2.46. The minimum Gasteiger partial charge on any atom is -0.392 e. The lowest BCUT2D eigenvalue weighted by molar-refractivity contribution is -0.0575. The molecule has 88 valence electrons. The van der Waals surface area contributed by atoms with Crippen LogP contribution in [-0.2, 0) is 9.47 Å². The van der Waals surface area contributed by atoms with Gasteiger partial charge in [0.2, 0.25) is 0 Å². The minimum atomic E-state index is -0.325. The van der Waals surface area contributed by atoms with E-state index < -0.39 is 0 Å². The van der Waals surface area contributed by atoms with E-state index in [1.54, 1.807) is 0 Å². The number of hydrogen-bond acceptors (Lipinski definition) is 4. The molecule has 0 spiro atoms. The summed E-state index contributed by atoms with van der Waals surface area (Å²) >= 11 is 0. The van der Waals surface area contributed by atoms with Crippen molar-refractivity contribution in [2.24, 2.45) is 17.1 Å². The molecule has 0 aromatic rings. The lowest BCUT2D eigenvalue weighted by Crippen LogP contribution is -2.47. The number of rotatable bonds is 3. The Hall–Kier alpha value is -0.160. The first-order valence-corrected chi connectivity index (χ1v) is 5.82. The highest BCUT2D eigenvalue weighted by molar-refractivity contribution is 4.94. The van der Waals surface area contributed by atoms with Gasteiger partial charge in [0, 0.05) is 31.8 Å². The summed E-state index contributed by atoms with van der Waals surface area (Å²) in [4.78, 5) is 0. The van der Waals surface area contributed by atoms with Crippen LogP contribution in [0.4, 0.5) is 0 Å². The van der Waals surface area contributed by atoms with E-state index in [1.165, 1.54) is 0 Å². The molecule has 0 aromatic carbocycles. The summed E-state index contributed by atoms with van der Waals surface area (Å²) in [5.41, 5.74) is 5.61. The molecular weight excluding hydrogens is 194 g/mol. The Morgan fingerprint density at radius 2 is 2.00 bits per heavy atom. The summed E-state index contributed by atoms with van der Waals surface area (Å²) in [5.74, 6) is 0.337. The van der Waals surface area contributed by atoms with Gasteiger partial charge in [0.05, 0.1) is 12.7 Å². The maximum Gasteiger partial charge on any atom is 0.0661 e. The van der Waals surface area contributed by atoms with Crippen LogP contribution in [-0.4, -0.2) is 44.2 Å². The average Bonchev–Trinajstić information content (AvgIpc) is 2.79. The van der Waals surface area contributed by atoms with Crippen molar-refractivity contribution in [1.29, 1.82) is 0 Å². The Morgan fingerprint density at radius 3 is 2.53 bits per heavy atom. The number of aliphatic hydroxyl groups is 1. The highest BCUT2D eigenvalue weighted by Crippen LogP contribution is 2.37. The molecule has 2 aliphatic heterocycles. The molecule has 0 radical (unpaired) electrons. The number of ether oxygens (including phenoxy) is 2. The van der Waals surface area contributed by atoms with E-state index in [0.717, 1.165) is 39.1 Å². The zero-order chi connectivity index (χ0) is 10.7. The summed E-state index contributed by atoms with van der Waals surface area (Å²) in [6.45, 7) is 3.40. The SMILES string of the molecule is NCC1(C(O)C2CCOCC2)CCOC1. The molecule has 2 saturated heterocycles. The Kier molecular flexibility index (Phi) is 3.61. The summed E-state index contributed by atoms with van der Waals surface area (Å²) < 4.78 is 10.7. The zero-order valence-corrected chi connectivity index (χ0v) is 9.15. The fourth-order valence-corrected chi connectivity index (χ4v) is 2.67. The van der Waals surface area contributed by atoms with E-state index in [9.17, 15) is 5.11 Å². The molecule has 2 aliphatic rings. The lowest BCUT2D eigenvalue weighted by atomic mass is 9.73. The van der Waals surface area contributed by atoms with Gasteiger partial charge in [0.15, 0.2) is 0 Å². The summed E-state index contributed by atoms with van der Waals surface area (Å²) in [7, 11) is 0. The Morgan fingerprint density at radius 1 is 1.27 bits per heavy atom. The number of hydrogen-bond donors (Lipinski definition) is 2. The van der Waals surface area contributed by atoms with Crippen LogP contribution in [0.15, 0.2) is 0 Å². The van der Waals surface area contributed by atoms with E-state index in [0.29, 0.717) is 19.1 Å². The Bertz CT molecular complexity index is 198. The van der Waals surface area contributed by atoms with Gasteiger partial charge < -0.3 is 20.3 Å². The van der Waals surface area contributed by atoms with Crippen molar-refractivity contribution >= 4 is 0 Å². The van der Waals surface area contributed by atoms with Crippen molar-refractivity contribution in [3.8, 4) is 0 Å². The van der Waals surface area contributed by atoms with Gasteiger partial charge in [-0.05, 0) is 25.2 Å². The van der Waals surface area contributed by atoms with Crippen LogP contribution in [0.5, 0.6) is 0 Å². The molecule has 4 heteroatoms. The van der Waals surface area contributed by atoms with Crippen LogP contribution in [0.25, 0.3) is 0 Å². The normalized spacial score (nSPS) is 35.6. The van der Waals surface area contributed by atoms with Gasteiger partial charge in [0.1, 0.15) is 0 Å². The van der Waals surface area contributed by atoms with E-state index in [2.05, 4.69) is 0 Å². The highest BCUT2D eigenvalue weighted by atomic mass is 16.5. The molecule has 3 N–H and O–H groups in total. The Balaban J connectivity index is 2.00. The first kappa shape index (κ1) is 11.3. The van der Waals surface area contributed by atoms with E-state index in [4.69, 9.17) is 15.2 Å². The molecule has 2 fully saturated rings. The van der Waals surface area contributed by atoms with E-state index >= 15 is 0 Å². The molecule has 2 rings (SSSR count). The third kappa shape index (κ3) is 2.18. The fraction of sp³-hybridized carbons (Fsp3) is 1.00. The molecule has 0 amide bonds. The van der Waals surface area contributed by atoms with E-state index in [1.807, 2.05) is 0 Å². The maximum atomic E-state index is 10.4. The van der Waals surface area contributed by atoms with Gasteiger partial charge in [0.25, 0.3) is 0 Å². The Labute approximate surface area is 90.7 Å². The highest BCUT2D eigenvalue weighted by Gasteiger charge is 2.44. The van der Waals surface area contributed by atoms with Gasteiger partial charge in [-0.2, -0.15) is 0 Å². The molecule has 4 nitrogen and oxygen atoms in total. The van der Waals surface area contributed by atoms with Gasteiger partial charge in [-0.15, -0.1) is 0 Å². The fourth-order valence-electron chi connectivity index (χ4n) is 2.67. The number of nitrogens with two attached hydrogens (primary N) is 1. The zero-order valence-electron chi connectivity index (χ0n) is 9.15. The van der Waals surface area contributed by atoms with Crippen LogP contribution >= 0.6 is 0 Å². The van der Waals surface area contributed by atoms with Crippen molar-refractivity contribution < 1.29 is 14.6 Å². The van der Waals surface area contributed by atoms with Crippen LogP contribution in [0.2, 0.25) is 0 Å². The molecular formula is C11H21NO3. The van der Waals surface area contributed by atoms with Crippen molar-refractivity contribution in [3.63, 3.8) is 0 Å². The van der Waals surface area contributed by atoms with Crippen molar-refractivity contribution in [3.05, 3.63) is 0 Å². The second-order valence-electron chi connectivity index (χ2n) is 4.76. The quantitative estimate of drug-likeness (QED) is 0.703. The predicted molar refractivity (Wildman–Crippen MR) is 56.5 cm³/mol. The first-order chi connectivity index (χ1) is 7.28. The first-order valence-electron chi connectivity index (χ1n) is 5.82. The van der Waals surface area contributed by atoms with Gasteiger partial charge in [-0.1, -0.05) is 0 Å². The summed E-state index contributed by atoms with van der Waals surface area (Å²) in [5, 5.41) is 10.4. The summed E-state index contributed by atoms with van der Waals surface area (Å²) in [6, 6.07) is 0. The predicted octanol–water partition coefficient (Wildman–Crippen LogP) is 0.139.